The van der Waals surface area contributed by atoms with Gasteiger partial charge in [0.15, 0.2) is 0 Å². The van der Waals surface area contributed by atoms with E-state index in [0.29, 0.717) is 23.8 Å². The predicted octanol–water partition coefficient (Wildman–Crippen LogP) is 1.66. The van der Waals surface area contributed by atoms with Crippen molar-refractivity contribution in [1.29, 1.82) is 0 Å². The second-order valence-corrected chi connectivity index (χ2v) is 8.19. The number of nitrogens with zero attached hydrogens (tertiary/aromatic N) is 1. The standard InChI is InChI=1S/C16H22F3N3O4S/c1-20-15(23)22(27(2,24)25)10-14(11-7-8-21-9-11)26-13-5-3-12(4-6-13)16(17,18)19/h3-6,11,14,21H,7-10H2,1-2H3,(H,20,23)/t11?,14-/m1/s1. The highest BCUT2D eigenvalue weighted by molar-refractivity contribution is 7.88. The normalized spacial score (nSPS) is 18.8. The summed E-state index contributed by atoms with van der Waals surface area (Å²) in [7, 11) is -2.54. The molecule has 2 rings (SSSR count). The van der Waals surface area contributed by atoms with E-state index in [9.17, 15) is 26.4 Å². The molecule has 0 bridgehead atoms. The zero-order valence-electron chi connectivity index (χ0n) is 14.9. The molecule has 0 radical (unpaired) electrons. The molecule has 1 heterocycles. The lowest BCUT2D eigenvalue weighted by atomic mass is 10.0. The number of amides is 2. The van der Waals surface area contributed by atoms with Gasteiger partial charge in [-0.3, -0.25) is 0 Å². The minimum absolute atomic E-state index is 0.0961. The van der Waals surface area contributed by atoms with Crippen molar-refractivity contribution in [3.05, 3.63) is 29.8 Å². The molecule has 27 heavy (non-hydrogen) atoms. The summed E-state index contributed by atoms with van der Waals surface area (Å²) in [4.78, 5) is 12.0. The van der Waals surface area contributed by atoms with Gasteiger partial charge in [-0.1, -0.05) is 0 Å². The number of hydrogen-bond donors (Lipinski definition) is 2. The van der Waals surface area contributed by atoms with Gasteiger partial charge in [-0.15, -0.1) is 0 Å². The fourth-order valence-electron chi connectivity index (χ4n) is 2.83. The van der Waals surface area contributed by atoms with Crippen molar-refractivity contribution in [3.63, 3.8) is 0 Å². The predicted molar refractivity (Wildman–Crippen MR) is 92.8 cm³/mol. The molecule has 1 unspecified atom stereocenters. The van der Waals surface area contributed by atoms with Gasteiger partial charge in [-0.05, 0) is 37.2 Å². The van der Waals surface area contributed by atoms with Gasteiger partial charge in [0.25, 0.3) is 0 Å². The number of benzene rings is 1. The molecule has 1 fully saturated rings. The summed E-state index contributed by atoms with van der Waals surface area (Å²) in [6.45, 7) is 1.01. The molecule has 0 aliphatic carbocycles. The van der Waals surface area contributed by atoms with Crippen molar-refractivity contribution in [2.75, 3.05) is 32.9 Å². The van der Waals surface area contributed by atoms with Crippen LogP contribution in [0.15, 0.2) is 24.3 Å². The van der Waals surface area contributed by atoms with Gasteiger partial charge in [-0.25, -0.2) is 17.5 Å². The molecule has 2 atom stereocenters. The maximum Gasteiger partial charge on any atom is 0.416 e. The summed E-state index contributed by atoms with van der Waals surface area (Å²) in [6, 6.07) is 3.36. The maximum atomic E-state index is 12.7. The number of nitrogens with one attached hydrogen (secondary N) is 2. The summed E-state index contributed by atoms with van der Waals surface area (Å²) >= 11 is 0. The first-order valence-corrected chi connectivity index (χ1v) is 10.1. The zero-order chi connectivity index (χ0) is 20.2. The van der Waals surface area contributed by atoms with Crippen molar-refractivity contribution in [3.8, 4) is 5.75 Å². The molecule has 152 valence electrons. The van der Waals surface area contributed by atoms with E-state index in [1.165, 1.54) is 19.2 Å². The second kappa shape index (κ2) is 8.34. The Hall–Kier alpha value is -2.01. The molecular formula is C16H22F3N3O4S. The summed E-state index contributed by atoms with van der Waals surface area (Å²) < 4.78 is 68.5. The average Bonchev–Trinajstić information content (AvgIpc) is 3.11. The van der Waals surface area contributed by atoms with E-state index < -0.39 is 33.9 Å². The van der Waals surface area contributed by atoms with Crippen LogP contribution in [0.5, 0.6) is 5.75 Å². The second-order valence-electron chi connectivity index (χ2n) is 6.28. The van der Waals surface area contributed by atoms with Gasteiger partial charge in [0.1, 0.15) is 11.9 Å². The van der Waals surface area contributed by atoms with E-state index in [1.807, 2.05) is 0 Å². The van der Waals surface area contributed by atoms with Crippen LogP contribution in [-0.4, -0.2) is 57.8 Å². The molecular weight excluding hydrogens is 387 g/mol. The highest BCUT2D eigenvalue weighted by Gasteiger charge is 2.34. The fourth-order valence-corrected chi connectivity index (χ4v) is 3.64. The number of carbonyl (C=O) groups is 1. The number of ether oxygens (including phenoxy) is 1. The lowest BCUT2D eigenvalue weighted by Crippen LogP contribution is -2.49. The lowest BCUT2D eigenvalue weighted by molar-refractivity contribution is -0.137. The minimum atomic E-state index is -4.46. The molecule has 0 spiro atoms. The minimum Gasteiger partial charge on any atom is -0.488 e. The molecule has 1 aromatic rings. The Labute approximate surface area is 155 Å². The van der Waals surface area contributed by atoms with Crippen molar-refractivity contribution in [1.82, 2.24) is 14.9 Å². The van der Waals surface area contributed by atoms with E-state index >= 15 is 0 Å². The highest BCUT2D eigenvalue weighted by atomic mass is 32.2. The smallest absolute Gasteiger partial charge is 0.416 e. The topological polar surface area (TPSA) is 87.7 Å². The van der Waals surface area contributed by atoms with E-state index in [-0.39, 0.29) is 18.2 Å². The third-order valence-corrected chi connectivity index (χ3v) is 5.40. The first-order valence-electron chi connectivity index (χ1n) is 8.26. The van der Waals surface area contributed by atoms with Gasteiger partial charge >= 0.3 is 12.2 Å². The Morgan fingerprint density at radius 2 is 2.00 bits per heavy atom. The summed E-state index contributed by atoms with van der Waals surface area (Å²) in [5.74, 6) is 0.0754. The highest BCUT2D eigenvalue weighted by Crippen LogP contribution is 2.31. The molecule has 11 heteroatoms. The van der Waals surface area contributed by atoms with Crippen LogP contribution < -0.4 is 15.4 Å². The largest absolute Gasteiger partial charge is 0.488 e. The third-order valence-electron chi connectivity index (χ3n) is 4.28. The molecule has 1 aliphatic rings. The van der Waals surface area contributed by atoms with Gasteiger partial charge in [-0.2, -0.15) is 13.2 Å². The Morgan fingerprint density at radius 1 is 1.37 bits per heavy atom. The zero-order valence-corrected chi connectivity index (χ0v) is 15.7. The third kappa shape index (κ3) is 5.73. The molecule has 1 saturated heterocycles. The Morgan fingerprint density at radius 3 is 2.44 bits per heavy atom. The number of sulfonamides is 1. The van der Waals surface area contributed by atoms with Crippen molar-refractivity contribution < 1.29 is 31.1 Å². The Bertz CT molecular complexity index is 747. The van der Waals surface area contributed by atoms with Gasteiger partial charge < -0.3 is 15.4 Å². The van der Waals surface area contributed by atoms with Crippen LogP contribution >= 0.6 is 0 Å². The van der Waals surface area contributed by atoms with Gasteiger partial charge in [0, 0.05) is 19.5 Å². The van der Waals surface area contributed by atoms with Crippen LogP contribution in [0.4, 0.5) is 18.0 Å². The van der Waals surface area contributed by atoms with Crippen molar-refractivity contribution >= 4 is 16.1 Å². The summed E-state index contributed by atoms with van der Waals surface area (Å²) in [5.41, 5.74) is -0.808. The number of rotatable bonds is 6. The molecule has 2 amide bonds. The van der Waals surface area contributed by atoms with Crippen LogP contribution in [0.2, 0.25) is 0 Å². The van der Waals surface area contributed by atoms with Gasteiger partial charge in [0.2, 0.25) is 10.0 Å². The number of alkyl halides is 3. The van der Waals surface area contributed by atoms with Crippen molar-refractivity contribution in [2.45, 2.75) is 18.7 Å². The monoisotopic (exact) mass is 409 g/mol. The van der Waals surface area contributed by atoms with Crippen LogP contribution in [-0.2, 0) is 16.2 Å². The van der Waals surface area contributed by atoms with E-state index in [4.69, 9.17) is 4.74 Å². The fraction of sp³-hybridized carbons (Fsp3) is 0.562. The lowest BCUT2D eigenvalue weighted by Gasteiger charge is -2.29. The molecule has 1 aromatic carbocycles. The number of carbonyl (C=O) groups excluding carboxylic acids is 1. The first-order chi connectivity index (χ1) is 12.5. The molecule has 0 aromatic heterocycles. The van der Waals surface area contributed by atoms with Crippen LogP contribution in [0.25, 0.3) is 0 Å². The molecule has 2 N–H and O–H groups in total. The molecule has 0 saturated carbocycles. The molecule has 1 aliphatic heterocycles. The number of urea groups is 1. The summed E-state index contributed by atoms with van der Waals surface area (Å²) in [5, 5.41) is 5.39. The van der Waals surface area contributed by atoms with Crippen LogP contribution in [0.1, 0.15) is 12.0 Å². The molecule has 7 nitrogen and oxygen atoms in total. The number of hydrogen-bond acceptors (Lipinski definition) is 5. The van der Waals surface area contributed by atoms with Crippen molar-refractivity contribution in [2.24, 2.45) is 5.92 Å². The Kier molecular flexibility index (Phi) is 6.58. The summed E-state index contributed by atoms with van der Waals surface area (Å²) in [6.07, 6.45) is -3.57. The quantitative estimate of drug-likeness (QED) is 0.746. The first kappa shape index (κ1) is 21.3. The van der Waals surface area contributed by atoms with E-state index in [2.05, 4.69) is 10.6 Å². The van der Waals surface area contributed by atoms with E-state index in [0.717, 1.165) is 18.4 Å². The van der Waals surface area contributed by atoms with E-state index in [1.54, 1.807) is 0 Å². The average molecular weight is 409 g/mol. The van der Waals surface area contributed by atoms with Crippen LogP contribution in [0, 0.1) is 5.92 Å². The van der Waals surface area contributed by atoms with Crippen LogP contribution in [0.3, 0.4) is 0 Å². The SMILES string of the molecule is CNC(=O)N(C[C@@H](Oc1ccc(C(F)(F)F)cc1)C1CCNC1)S(C)(=O)=O. The Balaban J connectivity index is 2.23. The maximum absolute atomic E-state index is 12.7. The van der Waals surface area contributed by atoms with Gasteiger partial charge in [0.05, 0.1) is 18.4 Å². The number of halogens is 3.